The van der Waals surface area contributed by atoms with Crippen molar-refractivity contribution in [3.05, 3.63) is 35.4 Å². The molecule has 1 aromatic carbocycles. The van der Waals surface area contributed by atoms with E-state index in [4.69, 9.17) is 0 Å². The predicted octanol–water partition coefficient (Wildman–Crippen LogP) is 2.78. The molecular weight excluding hydrogens is 220 g/mol. The van der Waals surface area contributed by atoms with Gasteiger partial charge in [0.2, 0.25) is 0 Å². The summed E-state index contributed by atoms with van der Waals surface area (Å²) in [6.45, 7) is 8.33. The van der Waals surface area contributed by atoms with Gasteiger partial charge in [-0.1, -0.05) is 31.2 Å². The number of benzene rings is 1. The Kier molecular flexibility index (Phi) is 3.40. The number of rotatable bonds is 3. The van der Waals surface area contributed by atoms with Gasteiger partial charge in [-0.25, -0.2) is 0 Å². The molecule has 1 N–H and O–H groups in total. The van der Waals surface area contributed by atoms with E-state index in [1.54, 1.807) is 0 Å². The summed E-state index contributed by atoms with van der Waals surface area (Å²) in [4.78, 5) is 2.64. The van der Waals surface area contributed by atoms with Crippen LogP contribution < -0.4 is 5.32 Å². The van der Waals surface area contributed by atoms with Gasteiger partial charge in [0.1, 0.15) is 0 Å². The van der Waals surface area contributed by atoms with Crippen molar-refractivity contribution >= 4 is 0 Å². The third kappa shape index (κ3) is 2.32. The lowest BCUT2D eigenvalue weighted by atomic mass is 9.78. The van der Waals surface area contributed by atoms with Crippen molar-refractivity contribution < 1.29 is 0 Å². The van der Waals surface area contributed by atoms with E-state index < -0.39 is 0 Å². The van der Waals surface area contributed by atoms with E-state index in [2.05, 4.69) is 41.4 Å². The quantitative estimate of drug-likeness (QED) is 0.879. The zero-order valence-electron chi connectivity index (χ0n) is 11.4. The second-order valence-corrected chi connectivity index (χ2v) is 6.05. The second-order valence-electron chi connectivity index (χ2n) is 6.05. The Morgan fingerprint density at radius 2 is 1.94 bits per heavy atom. The van der Waals surface area contributed by atoms with Crippen molar-refractivity contribution in [3.8, 4) is 0 Å². The van der Waals surface area contributed by atoms with Gasteiger partial charge >= 0.3 is 0 Å². The first-order valence-corrected chi connectivity index (χ1v) is 7.31. The summed E-state index contributed by atoms with van der Waals surface area (Å²) in [6.07, 6.45) is 4.03. The van der Waals surface area contributed by atoms with Gasteiger partial charge in [0.15, 0.2) is 0 Å². The molecule has 1 unspecified atom stereocenters. The minimum absolute atomic E-state index is 0.514. The Morgan fingerprint density at radius 1 is 1.22 bits per heavy atom. The number of hydrogen-bond acceptors (Lipinski definition) is 2. The SMILES string of the molecule is CCC1(CN2Cc3ccccc3C2)CCCNC1. The van der Waals surface area contributed by atoms with Gasteiger partial charge in [0.25, 0.3) is 0 Å². The van der Waals surface area contributed by atoms with Crippen molar-refractivity contribution in [1.82, 2.24) is 10.2 Å². The number of piperidine rings is 1. The Labute approximate surface area is 110 Å². The molecule has 0 saturated carbocycles. The number of fused-ring (bicyclic) bond motifs is 1. The third-order valence-electron chi connectivity index (χ3n) is 4.78. The normalized spacial score (nSPS) is 28.3. The van der Waals surface area contributed by atoms with Gasteiger partial charge in [-0.05, 0) is 42.3 Å². The summed E-state index contributed by atoms with van der Waals surface area (Å²) in [5.41, 5.74) is 3.58. The minimum atomic E-state index is 0.514. The van der Waals surface area contributed by atoms with Gasteiger partial charge in [-0.15, -0.1) is 0 Å². The first-order valence-electron chi connectivity index (χ1n) is 7.31. The number of hydrogen-bond donors (Lipinski definition) is 1. The fourth-order valence-electron chi connectivity index (χ4n) is 3.57. The van der Waals surface area contributed by atoms with Crippen LogP contribution >= 0.6 is 0 Å². The summed E-state index contributed by atoms with van der Waals surface area (Å²) in [5.74, 6) is 0. The highest BCUT2D eigenvalue weighted by atomic mass is 15.2. The number of nitrogens with one attached hydrogen (secondary N) is 1. The highest BCUT2D eigenvalue weighted by Gasteiger charge is 2.33. The summed E-state index contributed by atoms with van der Waals surface area (Å²) >= 11 is 0. The second kappa shape index (κ2) is 5.02. The fraction of sp³-hybridized carbons (Fsp3) is 0.625. The van der Waals surface area contributed by atoms with E-state index in [-0.39, 0.29) is 0 Å². The van der Waals surface area contributed by atoms with E-state index in [0.717, 1.165) is 13.1 Å². The average Bonchev–Trinajstić information content (AvgIpc) is 2.81. The maximum absolute atomic E-state index is 3.60. The van der Waals surface area contributed by atoms with E-state index in [1.807, 2.05) is 0 Å². The highest BCUT2D eigenvalue weighted by Crippen LogP contribution is 2.34. The lowest BCUT2D eigenvalue weighted by Crippen LogP contribution is -2.46. The largest absolute Gasteiger partial charge is 0.316 e. The molecule has 2 heterocycles. The van der Waals surface area contributed by atoms with E-state index in [9.17, 15) is 0 Å². The minimum Gasteiger partial charge on any atom is -0.316 e. The summed E-state index contributed by atoms with van der Waals surface area (Å²) in [6, 6.07) is 8.90. The Balaban J connectivity index is 1.67. The first kappa shape index (κ1) is 12.2. The molecule has 1 aromatic rings. The monoisotopic (exact) mass is 244 g/mol. The molecule has 0 radical (unpaired) electrons. The van der Waals surface area contributed by atoms with Crippen LogP contribution in [0.15, 0.2) is 24.3 Å². The maximum Gasteiger partial charge on any atom is 0.0240 e. The lowest BCUT2D eigenvalue weighted by molar-refractivity contribution is 0.111. The molecule has 0 bridgehead atoms. The van der Waals surface area contributed by atoms with Crippen LogP contribution in [0.5, 0.6) is 0 Å². The van der Waals surface area contributed by atoms with Gasteiger partial charge in [0, 0.05) is 26.2 Å². The van der Waals surface area contributed by atoms with Crippen molar-refractivity contribution in [2.24, 2.45) is 5.41 Å². The van der Waals surface area contributed by atoms with Crippen LogP contribution in [0.25, 0.3) is 0 Å². The molecule has 2 aliphatic rings. The standard InChI is InChI=1S/C16H24N2/c1-2-16(8-5-9-17-12-16)13-18-10-14-6-3-4-7-15(14)11-18/h3-4,6-7,17H,2,5,8-13H2,1H3. The molecule has 3 rings (SSSR count). The van der Waals surface area contributed by atoms with Gasteiger partial charge in [0.05, 0.1) is 0 Å². The Bertz CT molecular complexity index is 382. The molecule has 0 aromatic heterocycles. The Morgan fingerprint density at radius 3 is 2.50 bits per heavy atom. The van der Waals surface area contributed by atoms with E-state index >= 15 is 0 Å². The molecule has 2 aliphatic heterocycles. The molecule has 1 atom stereocenters. The van der Waals surface area contributed by atoms with Crippen LogP contribution in [0.3, 0.4) is 0 Å². The van der Waals surface area contributed by atoms with Gasteiger partial charge in [-0.3, -0.25) is 4.90 Å². The van der Waals surface area contributed by atoms with Crippen LogP contribution in [0, 0.1) is 5.41 Å². The molecule has 1 saturated heterocycles. The lowest BCUT2D eigenvalue weighted by Gasteiger charge is -2.40. The van der Waals surface area contributed by atoms with Crippen LogP contribution in [0.1, 0.15) is 37.3 Å². The zero-order valence-corrected chi connectivity index (χ0v) is 11.4. The van der Waals surface area contributed by atoms with Crippen LogP contribution in [-0.2, 0) is 13.1 Å². The number of nitrogens with zero attached hydrogens (tertiary/aromatic N) is 1. The van der Waals surface area contributed by atoms with Crippen molar-refractivity contribution in [2.75, 3.05) is 19.6 Å². The molecule has 18 heavy (non-hydrogen) atoms. The first-order chi connectivity index (χ1) is 8.81. The molecule has 2 nitrogen and oxygen atoms in total. The molecular formula is C16H24N2. The van der Waals surface area contributed by atoms with Crippen molar-refractivity contribution in [3.63, 3.8) is 0 Å². The van der Waals surface area contributed by atoms with Crippen molar-refractivity contribution in [1.29, 1.82) is 0 Å². The smallest absolute Gasteiger partial charge is 0.0240 e. The average molecular weight is 244 g/mol. The van der Waals surface area contributed by atoms with Crippen LogP contribution in [-0.4, -0.2) is 24.5 Å². The molecule has 98 valence electrons. The predicted molar refractivity (Wildman–Crippen MR) is 75.4 cm³/mol. The highest BCUT2D eigenvalue weighted by molar-refractivity contribution is 5.30. The third-order valence-corrected chi connectivity index (χ3v) is 4.78. The van der Waals surface area contributed by atoms with Crippen LogP contribution in [0.4, 0.5) is 0 Å². The maximum atomic E-state index is 3.60. The van der Waals surface area contributed by atoms with Crippen LogP contribution in [0.2, 0.25) is 0 Å². The van der Waals surface area contributed by atoms with Crippen molar-refractivity contribution in [2.45, 2.75) is 39.3 Å². The summed E-state index contributed by atoms with van der Waals surface area (Å²) < 4.78 is 0. The molecule has 2 heteroatoms. The molecule has 0 aliphatic carbocycles. The zero-order chi connectivity index (χ0) is 12.4. The summed E-state index contributed by atoms with van der Waals surface area (Å²) in [5, 5.41) is 3.60. The molecule has 1 fully saturated rings. The van der Waals surface area contributed by atoms with Gasteiger partial charge in [-0.2, -0.15) is 0 Å². The summed E-state index contributed by atoms with van der Waals surface area (Å²) in [7, 11) is 0. The molecule has 0 spiro atoms. The fourth-order valence-corrected chi connectivity index (χ4v) is 3.57. The Hall–Kier alpha value is -0.860. The van der Waals surface area contributed by atoms with E-state index in [1.165, 1.54) is 50.0 Å². The van der Waals surface area contributed by atoms with E-state index in [0.29, 0.717) is 5.41 Å². The molecule has 0 amide bonds. The van der Waals surface area contributed by atoms with Gasteiger partial charge < -0.3 is 5.32 Å². The topological polar surface area (TPSA) is 15.3 Å².